The fraction of sp³-hybridized carbons (Fsp3) is 0.600. The van der Waals surface area contributed by atoms with E-state index in [1.54, 1.807) is 0 Å². The predicted molar refractivity (Wildman–Crippen MR) is 76.7 cm³/mol. The Morgan fingerprint density at radius 3 is 2.82 bits per heavy atom. The first-order valence-corrected chi connectivity index (χ1v) is 7.56. The number of aryl methyl sites for hydroxylation is 1. The van der Waals surface area contributed by atoms with E-state index in [-0.39, 0.29) is 0 Å². The van der Waals surface area contributed by atoms with Crippen LogP contribution in [0.2, 0.25) is 0 Å². The molecule has 1 unspecified atom stereocenters. The van der Waals surface area contributed by atoms with Crippen molar-refractivity contribution >= 4 is 11.8 Å². The molecule has 0 saturated heterocycles. The second-order valence-electron chi connectivity index (χ2n) is 5.10. The largest absolute Gasteiger partial charge is 0.310 e. The lowest BCUT2D eigenvalue weighted by molar-refractivity contribution is 0.679. The molecule has 0 aromatic heterocycles. The van der Waals surface area contributed by atoms with E-state index in [2.05, 4.69) is 44.3 Å². The van der Waals surface area contributed by atoms with Gasteiger partial charge in [0.2, 0.25) is 0 Å². The summed E-state index contributed by atoms with van der Waals surface area (Å²) in [6, 6.07) is 7.64. The molecule has 2 rings (SSSR count). The van der Waals surface area contributed by atoms with Crippen molar-refractivity contribution < 1.29 is 0 Å². The average molecular weight is 249 g/mol. The molecule has 1 atom stereocenters. The first kappa shape index (κ1) is 13.0. The molecule has 1 aliphatic carbocycles. The number of rotatable bonds is 6. The van der Waals surface area contributed by atoms with Gasteiger partial charge in [-0.1, -0.05) is 31.5 Å². The standard InChI is InChI=1S/C15H23NS/c1-4-12(3)17-15-8-5-11(2)9-13(15)10-16-14-6-7-14/h5,8-9,12,14,16H,4,6-7,10H2,1-3H3. The number of hydrogen-bond donors (Lipinski definition) is 1. The Balaban J connectivity index is 2.05. The van der Waals surface area contributed by atoms with Gasteiger partial charge >= 0.3 is 0 Å². The molecule has 1 aromatic rings. The molecule has 0 aliphatic heterocycles. The van der Waals surface area contributed by atoms with Crippen LogP contribution in [0.25, 0.3) is 0 Å². The van der Waals surface area contributed by atoms with Crippen LogP contribution in [0.1, 0.15) is 44.2 Å². The maximum Gasteiger partial charge on any atom is 0.0219 e. The Labute approximate surface area is 109 Å². The molecule has 17 heavy (non-hydrogen) atoms. The zero-order chi connectivity index (χ0) is 12.3. The van der Waals surface area contributed by atoms with Gasteiger partial charge in [-0.15, -0.1) is 11.8 Å². The van der Waals surface area contributed by atoms with Crippen LogP contribution in [0.5, 0.6) is 0 Å². The third kappa shape index (κ3) is 4.04. The summed E-state index contributed by atoms with van der Waals surface area (Å²) in [5.41, 5.74) is 2.84. The van der Waals surface area contributed by atoms with Gasteiger partial charge in [-0.05, 0) is 37.8 Å². The van der Waals surface area contributed by atoms with E-state index in [0.29, 0.717) is 5.25 Å². The summed E-state index contributed by atoms with van der Waals surface area (Å²) in [6.07, 6.45) is 3.95. The van der Waals surface area contributed by atoms with Gasteiger partial charge in [0.25, 0.3) is 0 Å². The molecule has 94 valence electrons. The fourth-order valence-corrected chi connectivity index (χ4v) is 2.83. The van der Waals surface area contributed by atoms with Gasteiger partial charge in [0.05, 0.1) is 0 Å². The van der Waals surface area contributed by atoms with Crippen LogP contribution in [0.3, 0.4) is 0 Å². The van der Waals surface area contributed by atoms with E-state index < -0.39 is 0 Å². The minimum atomic E-state index is 0.706. The van der Waals surface area contributed by atoms with E-state index >= 15 is 0 Å². The van der Waals surface area contributed by atoms with Crippen LogP contribution >= 0.6 is 11.8 Å². The number of hydrogen-bond acceptors (Lipinski definition) is 2. The minimum absolute atomic E-state index is 0.706. The van der Waals surface area contributed by atoms with Gasteiger partial charge in [-0.2, -0.15) is 0 Å². The fourth-order valence-electron chi connectivity index (χ4n) is 1.80. The lowest BCUT2D eigenvalue weighted by Crippen LogP contribution is -2.16. The topological polar surface area (TPSA) is 12.0 Å². The maximum absolute atomic E-state index is 3.62. The monoisotopic (exact) mass is 249 g/mol. The van der Waals surface area contributed by atoms with Gasteiger partial charge in [0, 0.05) is 22.7 Å². The SMILES string of the molecule is CCC(C)Sc1ccc(C)cc1CNC1CC1. The highest BCUT2D eigenvalue weighted by Crippen LogP contribution is 2.29. The molecule has 0 radical (unpaired) electrons. The van der Waals surface area contributed by atoms with Crippen LogP contribution in [0.4, 0.5) is 0 Å². The van der Waals surface area contributed by atoms with E-state index in [9.17, 15) is 0 Å². The van der Waals surface area contributed by atoms with E-state index in [1.807, 2.05) is 11.8 Å². The Bertz CT molecular complexity index is 371. The molecule has 2 heteroatoms. The van der Waals surface area contributed by atoms with Crippen LogP contribution in [0, 0.1) is 6.92 Å². The molecule has 1 aliphatic rings. The Kier molecular flexibility index (Phi) is 4.52. The van der Waals surface area contributed by atoms with Gasteiger partial charge in [-0.3, -0.25) is 0 Å². The van der Waals surface area contributed by atoms with Crippen molar-refractivity contribution in [3.8, 4) is 0 Å². The molecular formula is C15H23NS. The number of benzene rings is 1. The van der Waals surface area contributed by atoms with E-state index in [1.165, 1.54) is 35.3 Å². The summed E-state index contributed by atoms with van der Waals surface area (Å²) >= 11 is 2.01. The summed E-state index contributed by atoms with van der Waals surface area (Å²) in [5.74, 6) is 0. The van der Waals surface area contributed by atoms with Gasteiger partial charge in [0.15, 0.2) is 0 Å². The van der Waals surface area contributed by atoms with Gasteiger partial charge in [0.1, 0.15) is 0 Å². The number of thioether (sulfide) groups is 1. The smallest absolute Gasteiger partial charge is 0.0219 e. The maximum atomic E-state index is 3.62. The zero-order valence-electron chi connectivity index (χ0n) is 11.1. The highest BCUT2D eigenvalue weighted by molar-refractivity contribution is 8.00. The summed E-state index contributed by atoms with van der Waals surface area (Å²) in [7, 11) is 0. The van der Waals surface area contributed by atoms with Crippen molar-refractivity contribution in [3.05, 3.63) is 29.3 Å². The van der Waals surface area contributed by atoms with Crippen molar-refractivity contribution in [2.45, 2.75) is 62.8 Å². The average Bonchev–Trinajstić information content (AvgIpc) is 3.13. The van der Waals surface area contributed by atoms with Gasteiger partial charge < -0.3 is 5.32 Å². The third-order valence-corrected chi connectivity index (χ3v) is 4.67. The molecule has 1 N–H and O–H groups in total. The predicted octanol–water partition coefficient (Wildman–Crippen LogP) is 4.14. The Hall–Kier alpha value is -0.470. The molecule has 1 aromatic carbocycles. The summed E-state index contributed by atoms with van der Waals surface area (Å²) < 4.78 is 0. The normalized spacial score (nSPS) is 17.1. The van der Waals surface area contributed by atoms with Crippen LogP contribution in [-0.4, -0.2) is 11.3 Å². The quantitative estimate of drug-likeness (QED) is 0.761. The summed E-state index contributed by atoms with van der Waals surface area (Å²) in [5, 5.41) is 4.32. The lowest BCUT2D eigenvalue weighted by Gasteiger charge is -2.14. The van der Waals surface area contributed by atoms with E-state index in [0.717, 1.165) is 12.6 Å². The van der Waals surface area contributed by atoms with E-state index in [4.69, 9.17) is 0 Å². The van der Waals surface area contributed by atoms with Crippen molar-refractivity contribution in [1.82, 2.24) is 5.32 Å². The summed E-state index contributed by atoms with van der Waals surface area (Å²) in [6.45, 7) is 7.78. The Morgan fingerprint density at radius 1 is 1.41 bits per heavy atom. The third-order valence-electron chi connectivity index (χ3n) is 3.28. The molecule has 0 spiro atoms. The molecule has 1 nitrogen and oxygen atoms in total. The molecule has 1 saturated carbocycles. The highest BCUT2D eigenvalue weighted by Gasteiger charge is 2.20. The first-order chi connectivity index (χ1) is 8.19. The summed E-state index contributed by atoms with van der Waals surface area (Å²) in [4.78, 5) is 1.46. The zero-order valence-corrected chi connectivity index (χ0v) is 11.9. The van der Waals surface area contributed by atoms with Crippen LogP contribution < -0.4 is 5.32 Å². The molecular weight excluding hydrogens is 226 g/mol. The van der Waals surface area contributed by atoms with Crippen molar-refractivity contribution in [3.63, 3.8) is 0 Å². The highest BCUT2D eigenvalue weighted by atomic mass is 32.2. The first-order valence-electron chi connectivity index (χ1n) is 6.68. The van der Waals surface area contributed by atoms with Crippen molar-refractivity contribution in [2.75, 3.05) is 0 Å². The molecule has 0 heterocycles. The lowest BCUT2D eigenvalue weighted by atomic mass is 10.1. The van der Waals surface area contributed by atoms with Crippen LogP contribution in [0.15, 0.2) is 23.1 Å². The van der Waals surface area contributed by atoms with Gasteiger partial charge in [-0.25, -0.2) is 0 Å². The number of nitrogens with one attached hydrogen (secondary N) is 1. The Morgan fingerprint density at radius 2 is 2.18 bits per heavy atom. The minimum Gasteiger partial charge on any atom is -0.310 e. The molecule has 1 fully saturated rings. The second-order valence-corrected chi connectivity index (χ2v) is 6.58. The molecule has 0 amide bonds. The van der Waals surface area contributed by atoms with Crippen molar-refractivity contribution in [1.29, 1.82) is 0 Å². The van der Waals surface area contributed by atoms with Crippen LogP contribution in [-0.2, 0) is 6.54 Å². The second kappa shape index (κ2) is 5.92. The van der Waals surface area contributed by atoms with Crippen molar-refractivity contribution in [2.24, 2.45) is 0 Å². The molecule has 0 bridgehead atoms.